The Bertz CT molecular complexity index is 4040. The number of fused-ring (bicyclic) bond motifs is 15. The first kappa shape index (κ1) is 70.9. The van der Waals surface area contributed by atoms with Gasteiger partial charge in [0.1, 0.15) is 11.5 Å². The number of carbonyl (C=O) groups excluding carboxylic acids is 3. The third-order valence-electron chi connectivity index (χ3n) is 20.7. The Morgan fingerprint density at radius 1 is 0.439 bits per heavy atom. The number of phenols is 1. The van der Waals surface area contributed by atoms with Gasteiger partial charge >= 0.3 is 51.9 Å². The van der Waals surface area contributed by atoms with E-state index < -0.39 is 81.7 Å². The maximum Gasteiger partial charge on any atom is 0.534 e. The first-order chi connectivity index (χ1) is 46.4. The van der Waals surface area contributed by atoms with Crippen LogP contribution in [0.1, 0.15) is 149 Å². The van der Waals surface area contributed by atoms with E-state index in [2.05, 4.69) is 53.6 Å². The van der Waals surface area contributed by atoms with Gasteiger partial charge in [-0.05, 0) is 184 Å². The topological polar surface area (TPSA) is 162 Å². The zero-order valence-electron chi connectivity index (χ0n) is 52.6. The Kier molecular flexibility index (Phi) is 20.3. The molecule has 5 aliphatic heterocycles. The highest BCUT2D eigenvalue weighted by Gasteiger charge is 2.53. The van der Waals surface area contributed by atoms with E-state index in [1.54, 1.807) is 30.3 Å². The second-order valence-electron chi connectivity index (χ2n) is 26.3. The SMILES string of the molecule is O=C(N1CCC[C@@H]2c3cc(O)ccc3C[C@@H]21)C(F)(F)F.O=C(N1CCC[C@@H]2c3cc(OS(=O)(=O)C(F)(F)F)ccc3C[C@@H]21)C(F)(F)F.[C-]#[N+]c1ccc2c(c1)[C@H]1CCCN(C(=O)C(F)(F)F)[C@H]1C2.[C-]#[N+]c1ccc2c(c1)[C@H]1CCCN[C@H]1C2.[C-]#[N+]c1ccc2c(c1)[C@H]1CCCN[C@H]1C2. The van der Waals surface area contributed by atoms with E-state index in [0.717, 1.165) is 99.2 Å². The Balaban J connectivity index is 0.000000126. The molecule has 5 aliphatic carbocycles. The van der Waals surface area contributed by atoms with Crippen LogP contribution in [0.25, 0.3) is 14.5 Å². The second kappa shape index (κ2) is 28.1. The number of rotatable bonds is 2. The van der Waals surface area contributed by atoms with E-state index in [0.29, 0.717) is 72.8 Å². The molecule has 0 saturated carbocycles. The number of aromatic hydroxyl groups is 1. The second-order valence-corrected chi connectivity index (χ2v) is 27.8. The number of likely N-dealkylation sites (tertiary alicyclic amines) is 3. The minimum absolute atomic E-state index is 0.0701. The van der Waals surface area contributed by atoms with Crippen LogP contribution in [-0.2, 0) is 56.6 Å². The van der Waals surface area contributed by atoms with Crippen molar-refractivity contribution >= 4 is 44.9 Å². The number of carbonyl (C=O) groups is 3. The lowest BCUT2D eigenvalue weighted by Crippen LogP contribution is -2.51. The summed E-state index contributed by atoms with van der Waals surface area (Å²) in [6, 6.07) is 25.5. The molecule has 3 N–H and O–H groups in total. The van der Waals surface area contributed by atoms with Crippen LogP contribution in [0.4, 0.5) is 69.7 Å². The Morgan fingerprint density at radius 3 is 1.11 bits per heavy atom. The molecule has 520 valence electrons. The summed E-state index contributed by atoms with van der Waals surface area (Å²) in [5.74, 6) is -5.29. The molecule has 5 aromatic carbocycles. The zero-order chi connectivity index (χ0) is 70.4. The molecule has 0 radical (unpaired) electrons. The van der Waals surface area contributed by atoms with Crippen molar-refractivity contribution in [1.29, 1.82) is 0 Å². The van der Waals surface area contributed by atoms with Crippen LogP contribution in [0, 0.1) is 19.7 Å². The van der Waals surface area contributed by atoms with Crippen molar-refractivity contribution in [2.24, 2.45) is 0 Å². The third-order valence-corrected chi connectivity index (χ3v) is 21.7. The summed E-state index contributed by atoms with van der Waals surface area (Å²) in [4.78, 5) is 47.8. The molecule has 0 spiro atoms. The molecule has 5 heterocycles. The van der Waals surface area contributed by atoms with Crippen LogP contribution in [0.5, 0.6) is 11.5 Å². The van der Waals surface area contributed by atoms with Gasteiger partial charge in [-0.15, -0.1) is 0 Å². The highest BCUT2D eigenvalue weighted by Crippen LogP contribution is 2.49. The summed E-state index contributed by atoms with van der Waals surface area (Å²) >= 11 is 0. The largest absolute Gasteiger partial charge is 0.534 e. The van der Waals surface area contributed by atoms with E-state index in [9.17, 15) is 80.6 Å². The maximum absolute atomic E-state index is 12.8. The van der Waals surface area contributed by atoms with Gasteiger partial charge in [0.2, 0.25) is 0 Å². The number of piperidine rings is 5. The normalized spacial score (nSPS) is 25.2. The lowest BCUT2D eigenvalue weighted by atomic mass is 9.88. The van der Waals surface area contributed by atoms with Gasteiger partial charge in [0.15, 0.2) is 17.1 Å². The highest BCUT2D eigenvalue weighted by molar-refractivity contribution is 7.88. The van der Waals surface area contributed by atoms with Gasteiger partial charge in [-0.2, -0.15) is 61.1 Å². The van der Waals surface area contributed by atoms with E-state index in [1.807, 2.05) is 12.1 Å². The van der Waals surface area contributed by atoms with Gasteiger partial charge in [0.25, 0.3) is 0 Å². The lowest BCUT2D eigenvalue weighted by Gasteiger charge is -2.38. The Hall–Kier alpha value is -8.39. The maximum atomic E-state index is 12.8. The molecule has 10 aliphatic rings. The summed E-state index contributed by atoms with van der Waals surface area (Å²) in [7, 11) is -5.85. The molecule has 0 aromatic heterocycles. The summed E-state index contributed by atoms with van der Waals surface area (Å²) in [5, 5.41) is 16.7. The van der Waals surface area contributed by atoms with E-state index in [-0.39, 0.29) is 50.1 Å². The molecule has 0 bridgehead atoms. The summed E-state index contributed by atoms with van der Waals surface area (Å²) < 4.78 is 178. The van der Waals surface area contributed by atoms with Gasteiger partial charge in [0, 0.05) is 67.6 Å². The Morgan fingerprint density at radius 2 is 0.755 bits per heavy atom. The number of amides is 3. The van der Waals surface area contributed by atoms with E-state index in [4.69, 9.17) is 19.7 Å². The molecule has 5 fully saturated rings. The standard InChI is InChI=1S/C15H13F6NO4S.C15H13F3N2O.C14H14F3NO2.2C13H14N2/c16-14(17,18)13(23)22-5-1-2-10-11-7-9(4-3-8(11)6-12(10)22)26-27(24,25)15(19,20)21;1-19-10-5-4-9-7-13-11(12(9)8-10)3-2-6-20(13)14(21)15(16,17)18;15-14(16,17)13(20)18-5-1-2-10-11-7-9(19)4-3-8(11)6-12(10)18;2*1-14-10-5-4-9-7-13-11(12(9)8-10)3-2-6-15-13/h3-4,7,10,12H,1-2,5-6H2;4-5,8,11,13H,2-3,6-7H2;3-4,7,10,12,19H,1-2,5-6H2;2*4-5,8,11,13,15H,2-3,6-7H2/t10-,12+;11-,13+;10-,12+;2*11-,13+/m11111/s1. The van der Waals surface area contributed by atoms with Gasteiger partial charge in [-0.1, -0.05) is 83.4 Å². The molecule has 0 unspecified atom stereocenters. The van der Waals surface area contributed by atoms with Crippen LogP contribution in [-0.4, -0.2) is 133 Å². The number of phenolic OH excluding ortho intramolecular Hbond substituents is 1. The van der Waals surface area contributed by atoms with Crippen LogP contribution < -0.4 is 14.8 Å². The Labute approximate surface area is 558 Å². The fourth-order valence-electron chi connectivity index (χ4n) is 16.5. The van der Waals surface area contributed by atoms with Gasteiger partial charge < -0.3 is 34.6 Å². The van der Waals surface area contributed by atoms with Crippen LogP contribution in [0.2, 0.25) is 0 Å². The van der Waals surface area contributed by atoms with Crippen molar-refractivity contribution in [3.63, 3.8) is 0 Å². The fraction of sp³-hybridized carbons (Fsp3) is 0.486. The number of hydrogen-bond acceptors (Lipinski definition) is 9. The third kappa shape index (κ3) is 14.8. The molecule has 28 heteroatoms. The predicted octanol–water partition coefficient (Wildman–Crippen LogP) is 14.4. The molecule has 15 nitrogen and oxygen atoms in total. The molecule has 5 aromatic rings. The number of alkyl halides is 12. The minimum atomic E-state index is -5.85. The molecule has 15 rings (SSSR count). The van der Waals surface area contributed by atoms with Crippen LogP contribution >= 0.6 is 0 Å². The van der Waals surface area contributed by atoms with E-state index >= 15 is 0 Å². The molecule has 3 amide bonds. The molecule has 98 heavy (non-hydrogen) atoms. The highest BCUT2D eigenvalue weighted by atomic mass is 32.2. The quantitative estimate of drug-likeness (QED) is 0.0676. The number of nitrogens with zero attached hydrogens (tertiary/aromatic N) is 6. The summed E-state index contributed by atoms with van der Waals surface area (Å²) in [6.45, 7) is 23.7. The molecular formula is C70H68F12N8O7S. The van der Waals surface area contributed by atoms with Gasteiger partial charge in [0.05, 0.1) is 19.7 Å². The smallest absolute Gasteiger partial charge is 0.508 e. The molecular weight excluding hydrogens is 1320 g/mol. The minimum Gasteiger partial charge on any atom is -0.508 e. The number of nitrogens with one attached hydrogen (secondary N) is 2. The number of hydrogen-bond donors (Lipinski definition) is 3. The van der Waals surface area contributed by atoms with Crippen molar-refractivity contribution < 1.29 is 84.8 Å². The van der Waals surface area contributed by atoms with Crippen molar-refractivity contribution in [2.75, 3.05) is 32.7 Å². The zero-order valence-corrected chi connectivity index (χ0v) is 53.4. The van der Waals surface area contributed by atoms with Crippen molar-refractivity contribution in [2.45, 2.75) is 180 Å². The van der Waals surface area contributed by atoms with Crippen LogP contribution in [0.3, 0.4) is 0 Å². The van der Waals surface area contributed by atoms with Gasteiger partial charge in [-0.3, -0.25) is 14.4 Å². The number of benzene rings is 5. The predicted molar refractivity (Wildman–Crippen MR) is 335 cm³/mol. The van der Waals surface area contributed by atoms with E-state index in [1.165, 1.54) is 60.1 Å². The average molecular weight is 1390 g/mol. The van der Waals surface area contributed by atoms with Crippen molar-refractivity contribution in [3.05, 3.63) is 181 Å². The van der Waals surface area contributed by atoms with Crippen molar-refractivity contribution in [1.82, 2.24) is 25.3 Å². The van der Waals surface area contributed by atoms with Gasteiger partial charge in [-0.25, -0.2) is 14.5 Å². The monoisotopic (exact) mass is 1390 g/mol. The van der Waals surface area contributed by atoms with Crippen LogP contribution in [0.15, 0.2) is 91.0 Å². The average Bonchev–Trinajstić information content (AvgIpc) is 1.62. The summed E-state index contributed by atoms with van der Waals surface area (Å²) in [6.07, 6.45) is -2.94. The first-order valence-electron chi connectivity index (χ1n) is 32.4. The summed E-state index contributed by atoms with van der Waals surface area (Å²) in [5.41, 5.74) is 6.89. The molecule has 5 saturated heterocycles. The number of halogens is 12. The van der Waals surface area contributed by atoms with Crippen molar-refractivity contribution in [3.8, 4) is 11.5 Å². The first-order valence-corrected chi connectivity index (χ1v) is 33.8. The fourth-order valence-corrected chi connectivity index (χ4v) is 16.9. The molecule has 10 atom stereocenters. The lowest BCUT2D eigenvalue weighted by molar-refractivity contribution is -0.189.